The second-order valence-electron chi connectivity index (χ2n) is 6.38. The summed E-state index contributed by atoms with van der Waals surface area (Å²) in [5.41, 5.74) is 2.67. The van der Waals surface area contributed by atoms with Crippen LogP contribution >= 0.6 is 0 Å². The Hall–Kier alpha value is -2.47. The summed E-state index contributed by atoms with van der Waals surface area (Å²) < 4.78 is 7.94. The minimum atomic E-state index is 0.758. The van der Waals surface area contributed by atoms with Crippen LogP contribution in [0, 0.1) is 5.92 Å². The first-order chi connectivity index (χ1) is 11.8. The molecule has 1 saturated heterocycles. The Bertz CT molecular complexity index is 817. The number of nitrogens with zero attached hydrogens (tertiary/aromatic N) is 5. The fourth-order valence-corrected chi connectivity index (χ4v) is 3.29. The van der Waals surface area contributed by atoms with Crippen LogP contribution in [-0.2, 0) is 0 Å². The molecule has 0 spiro atoms. The zero-order chi connectivity index (χ0) is 16.4. The molecule has 0 aromatic carbocycles. The highest BCUT2D eigenvalue weighted by molar-refractivity contribution is 5.60. The van der Waals surface area contributed by atoms with Gasteiger partial charge in [-0.3, -0.25) is 4.40 Å². The molecule has 24 heavy (non-hydrogen) atoms. The fourth-order valence-electron chi connectivity index (χ4n) is 3.29. The minimum Gasteiger partial charge on any atom is -0.493 e. The average Bonchev–Trinajstić information content (AvgIpc) is 3.21. The van der Waals surface area contributed by atoms with E-state index >= 15 is 0 Å². The second kappa shape index (κ2) is 6.57. The van der Waals surface area contributed by atoms with Gasteiger partial charge in [0.15, 0.2) is 0 Å². The topological polar surface area (TPSA) is 55.6 Å². The van der Waals surface area contributed by atoms with Crippen molar-refractivity contribution in [2.75, 3.05) is 26.7 Å². The van der Waals surface area contributed by atoms with Crippen LogP contribution in [-0.4, -0.2) is 51.0 Å². The van der Waals surface area contributed by atoms with Crippen molar-refractivity contribution >= 4 is 5.65 Å². The van der Waals surface area contributed by atoms with Gasteiger partial charge in [0.1, 0.15) is 17.7 Å². The molecule has 4 heterocycles. The molecule has 1 aliphatic heterocycles. The van der Waals surface area contributed by atoms with Gasteiger partial charge in [-0.1, -0.05) is 0 Å². The zero-order valence-electron chi connectivity index (χ0n) is 13.8. The predicted molar refractivity (Wildman–Crippen MR) is 91.9 cm³/mol. The number of rotatable bonds is 5. The number of aromatic nitrogens is 4. The lowest BCUT2D eigenvalue weighted by Gasteiger charge is -2.11. The van der Waals surface area contributed by atoms with Gasteiger partial charge in [0.05, 0.1) is 24.2 Å². The standard InChI is InChI=1S/C18H21N5O/c1-22-7-3-14(12-22)5-9-24-15-4-8-23-17(11-20-18(23)10-15)16-2-6-19-13-21-16/h2,4,6,8,10-11,13-14H,3,5,7,9,12H2,1H3. The molecule has 124 valence electrons. The highest BCUT2D eigenvalue weighted by Gasteiger charge is 2.19. The number of fused-ring (bicyclic) bond motifs is 1. The van der Waals surface area contributed by atoms with Crippen LogP contribution in [0.5, 0.6) is 5.75 Å². The number of hydrogen-bond donors (Lipinski definition) is 0. The molecule has 6 nitrogen and oxygen atoms in total. The molecule has 0 radical (unpaired) electrons. The average molecular weight is 323 g/mol. The molecule has 0 aliphatic carbocycles. The van der Waals surface area contributed by atoms with Crippen molar-refractivity contribution in [3.8, 4) is 17.1 Å². The normalized spacial score (nSPS) is 18.3. The third-order valence-electron chi connectivity index (χ3n) is 4.61. The van der Waals surface area contributed by atoms with Crippen molar-refractivity contribution in [2.45, 2.75) is 12.8 Å². The van der Waals surface area contributed by atoms with Crippen molar-refractivity contribution in [3.05, 3.63) is 43.1 Å². The molecule has 3 aromatic heterocycles. The van der Waals surface area contributed by atoms with Crippen molar-refractivity contribution in [2.24, 2.45) is 5.92 Å². The van der Waals surface area contributed by atoms with Crippen molar-refractivity contribution < 1.29 is 4.74 Å². The van der Waals surface area contributed by atoms with Crippen molar-refractivity contribution in [3.63, 3.8) is 0 Å². The summed E-state index contributed by atoms with van der Waals surface area (Å²) >= 11 is 0. The molecule has 0 saturated carbocycles. The molecular formula is C18H21N5O. The molecule has 4 rings (SSSR count). The van der Waals surface area contributed by atoms with Crippen LogP contribution in [0.15, 0.2) is 43.1 Å². The van der Waals surface area contributed by atoms with E-state index in [1.807, 2.05) is 35.0 Å². The number of imidazole rings is 1. The van der Waals surface area contributed by atoms with E-state index in [9.17, 15) is 0 Å². The van der Waals surface area contributed by atoms with E-state index in [1.165, 1.54) is 19.5 Å². The van der Waals surface area contributed by atoms with Gasteiger partial charge in [0.2, 0.25) is 0 Å². The molecule has 1 fully saturated rings. The second-order valence-corrected chi connectivity index (χ2v) is 6.38. The van der Waals surface area contributed by atoms with Crippen LogP contribution in [0.1, 0.15) is 12.8 Å². The molecule has 3 aromatic rings. The first kappa shape index (κ1) is 15.1. The van der Waals surface area contributed by atoms with Gasteiger partial charge in [-0.25, -0.2) is 15.0 Å². The van der Waals surface area contributed by atoms with E-state index < -0.39 is 0 Å². The van der Waals surface area contributed by atoms with Crippen LogP contribution in [0.2, 0.25) is 0 Å². The summed E-state index contributed by atoms with van der Waals surface area (Å²) in [6.45, 7) is 3.15. The Kier molecular flexibility index (Phi) is 4.13. The van der Waals surface area contributed by atoms with Crippen LogP contribution in [0.3, 0.4) is 0 Å². The molecule has 1 unspecified atom stereocenters. The summed E-state index contributed by atoms with van der Waals surface area (Å²) in [6.07, 6.45) is 9.48. The van der Waals surface area contributed by atoms with E-state index in [1.54, 1.807) is 12.5 Å². The van der Waals surface area contributed by atoms with Crippen LogP contribution in [0.25, 0.3) is 17.0 Å². The van der Waals surface area contributed by atoms with E-state index in [-0.39, 0.29) is 0 Å². The minimum absolute atomic E-state index is 0.758. The summed E-state index contributed by atoms with van der Waals surface area (Å²) in [7, 11) is 2.18. The smallest absolute Gasteiger partial charge is 0.140 e. The van der Waals surface area contributed by atoms with E-state index in [4.69, 9.17) is 4.74 Å². The van der Waals surface area contributed by atoms with Gasteiger partial charge in [0.25, 0.3) is 0 Å². The van der Waals surface area contributed by atoms with Gasteiger partial charge in [-0.15, -0.1) is 0 Å². The van der Waals surface area contributed by atoms with Crippen molar-refractivity contribution in [1.82, 2.24) is 24.3 Å². The largest absolute Gasteiger partial charge is 0.493 e. The fraction of sp³-hybridized carbons (Fsp3) is 0.389. The quantitative estimate of drug-likeness (QED) is 0.722. The highest BCUT2D eigenvalue weighted by atomic mass is 16.5. The Morgan fingerprint density at radius 3 is 3.04 bits per heavy atom. The maximum atomic E-state index is 5.93. The number of likely N-dealkylation sites (tertiary alicyclic amines) is 1. The molecule has 0 amide bonds. The molecular weight excluding hydrogens is 302 g/mol. The summed E-state index contributed by atoms with van der Waals surface area (Å²) in [6, 6.07) is 5.85. The number of hydrogen-bond acceptors (Lipinski definition) is 5. The lowest BCUT2D eigenvalue weighted by Crippen LogP contribution is -2.15. The van der Waals surface area contributed by atoms with Crippen LogP contribution in [0.4, 0.5) is 0 Å². The molecule has 0 N–H and O–H groups in total. The monoisotopic (exact) mass is 323 g/mol. The van der Waals surface area contributed by atoms with Gasteiger partial charge >= 0.3 is 0 Å². The lowest BCUT2D eigenvalue weighted by atomic mass is 10.1. The van der Waals surface area contributed by atoms with Crippen molar-refractivity contribution in [1.29, 1.82) is 0 Å². The molecule has 1 atom stereocenters. The first-order valence-corrected chi connectivity index (χ1v) is 8.34. The number of ether oxygens (including phenoxy) is 1. The van der Waals surface area contributed by atoms with E-state index in [2.05, 4.69) is 26.9 Å². The third kappa shape index (κ3) is 3.10. The first-order valence-electron chi connectivity index (χ1n) is 8.34. The maximum Gasteiger partial charge on any atom is 0.140 e. The summed E-state index contributed by atoms with van der Waals surface area (Å²) in [4.78, 5) is 15.1. The maximum absolute atomic E-state index is 5.93. The van der Waals surface area contributed by atoms with Gasteiger partial charge in [-0.05, 0) is 44.5 Å². The van der Waals surface area contributed by atoms with E-state index in [0.29, 0.717) is 0 Å². The van der Waals surface area contributed by atoms with E-state index in [0.717, 1.165) is 41.7 Å². The predicted octanol–water partition coefficient (Wildman–Crippen LogP) is 2.51. The summed E-state index contributed by atoms with van der Waals surface area (Å²) in [5.74, 6) is 1.63. The summed E-state index contributed by atoms with van der Waals surface area (Å²) in [5, 5.41) is 0. The zero-order valence-corrected chi connectivity index (χ0v) is 13.8. The van der Waals surface area contributed by atoms with Crippen LogP contribution < -0.4 is 4.74 Å². The Balaban J connectivity index is 1.44. The number of pyridine rings is 1. The molecule has 0 bridgehead atoms. The Morgan fingerprint density at radius 1 is 1.29 bits per heavy atom. The Morgan fingerprint density at radius 2 is 2.25 bits per heavy atom. The SMILES string of the molecule is CN1CCC(CCOc2ccn3c(-c4ccncn4)cnc3c2)C1. The Labute approximate surface area is 141 Å². The third-order valence-corrected chi connectivity index (χ3v) is 4.61. The van der Waals surface area contributed by atoms with Gasteiger partial charge in [-0.2, -0.15) is 0 Å². The van der Waals surface area contributed by atoms with Gasteiger partial charge in [0, 0.05) is 25.0 Å². The molecule has 1 aliphatic rings. The molecule has 6 heteroatoms. The van der Waals surface area contributed by atoms with Gasteiger partial charge < -0.3 is 9.64 Å². The lowest BCUT2D eigenvalue weighted by molar-refractivity contribution is 0.276. The highest BCUT2D eigenvalue weighted by Crippen LogP contribution is 2.22.